The number of nitrogens with one attached hydrogen (secondary N) is 1. The minimum Gasteiger partial charge on any atom is -0.337 e. The number of hydrogen-bond acceptors (Lipinski definition) is 2. The molecule has 2 aliphatic rings. The van der Waals surface area contributed by atoms with E-state index >= 15 is 0 Å². The lowest BCUT2D eigenvalue weighted by Crippen LogP contribution is -2.45. The first-order chi connectivity index (χ1) is 6.36. The molecule has 0 spiro atoms. The molecule has 2 fully saturated rings. The topological polar surface area (TPSA) is 32.3 Å². The van der Waals surface area contributed by atoms with Crippen LogP contribution in [0.15, 0.2) is 12.2 Å². The zero-order chi connectivity index (χ0) is 9.10. The first-order valence-corrected chi connectivity index (χ1v) is 5.04. The number of amides is 1. The van der Waals surface area contributed by atoms with Crippen LogP contribution in [0.25, 0.3) is 0 Å². The predicted molar refractivity (Wildman–Crippen MR) is 58.6 cm³/mol. The van der Waals surface area contributed by atoms with Gasteiger partial charge in [0.15, 0.2) is 0 Å². The monoisotopic (exact) mass is 216 g/mol. The Morgan fingerprint density at radius 2 is 1.93 bits per heavy atom. The number of carbonyl (C=O) groups is 1. The summed E-state index contributed by atoms with van der Waals surface area (Å²) in [4.78, 5) is 13.5. The van der Waals surface area contributed by atoms with Gasteiger partial charge in [0.25, 0.3) is 0 Å². The highest BCUT2D eigenvalue weighted by atomic mass is 35.5. The molecule has 2 rings (SSSR count). The molecule has 0 aromatic heterocycles. The Balaban J connectivity index is 0.000000980. The molecule has 3 nitrogen and oxygen atoms in total. The van der Waals surface area contributed by atoms with E-state index in [0.717, 1.165) is 26.2 Å². The Hall–Kier alpha value is -0.540. The van der Waals surface area contributed by atoms with Crippen molar-refractivity contribution in [2.75, 3.05) is 26.2 Å². The summed E-state index contributed by atoms with van der Waals surface area (Å²) >= 11 is 0. The fourth-order valence-electron chi connectivity index (χ4n) is 1.50. The number of allylic oxidation sites excluding steroid dienone is 1. The van der Waals surface area contributed by atoms with Crippen LogP contribution in [0.5, 0.6) is 0 Å². The molecule has 0 unspecified atom stereocenters. The SMILES string of the molecule is Cl.O=C(/C=C/C1CC1)N1CCNCC1. The lowest BCUT2D eigenvalue weighted by molar-refractivity contribution is -0.126. The van der Waals surface area contributed by atoms with Crippen LogP contribution in [-0.4, -0.2) is 37.0 Å². The molecule has 0 aromatic rings. The molecule has 0 aromatic carbocycles. The van der Waals surface area contributed by atoms with Gasteiger partial charge in [-0.25, -0.2) is 0 Å². The Labute approximate surface area is 90.9 Å². The van der Waals surface area contributed by atoms with Crippen LogP contribution in [0.4, 0.5) is 0 Å². The smallest absolute Gasteiger partial charge is 0.246 e. The molecule has 14 heavy (non-hydrogen) atoms. The van der Waals surface area contributed by atoms with Gasteiger partial charge in [0.05, 0.1) is 0 Å². The summed E-state index contributed by atoms with van der Waals surface area (Å²) in [5.74, 6) is 0.889. The Kier molecular flexibility index (Phi) is 4.42. The van der Waals surface area contributed by atoms with Gasteiger partial charge in [0.2, 0.25) is 5.91 Å². The van der Waals surface area contributed by atoms with Crippen molar-refractivity contribution in [3.8, 4) is 0 Å². The van der Waals surface area contributed by atoms with Crippen molar-refractivity contribution < 1.29 is 4.79 Å². The van der Waals surface area contributed by atoms with Gasteiger partial charge in [-0.3, -0.25) is 4.79 Å². The third-order valence-electron chi connectivity index (χ3n) is 2.56. The maximum absolute atomic E-state index is 11.5. The van der Waals surface area contributed by atoms with Gasteiger partial charge in [-0.1, -0.05) is 6.08 Å². The second kappa shape index (κ2) is 5.37. The standard InChI is InChI=1S/C10H16N2O.ClH/c13-10(4-3-9-1-2-9)12-7-5-11-6-8-12;/h3-4,9,11H,1-2,5-8H2;1H/b4-3+;. The molecule has 80 valence electrons. The number of piperazine rings is 1. The molecule has 4 heteroatoms. The fraction of sp³-hybridized carbons (Fsp3) is 0.700. The molecule has 0 radical (unpaired) electrons. The van der Waals surface area contributed by atoms with E-state index in [4.69, 9.17) is 0 Å². The van der Waals surface area contributed by atoms with Crippen molar-refractivity contribution in [2.45, 2.75) is 12.8 Å². The van der Waals surface area contributed by atoms with Gasteiger partial charge >= 0.3 is 0 Å². The second-order valence-electron chi connectivity index (χ2n) is 3.77. The minimum absolute atomic E-state index is 0. The summed E-state index contributed by atoms with van der Waals surface area (Å²) in [6, 6.07) is 0. The molecule has 1 N–H and O–H groups in total. The van der Waals surface area contributed by atoms with Crippen LogP contribution in [-0.2, 0) is 4.79 Å². The average Bonchev–Trinajstić information content (AvgIpc) is 2.99. The highest BCUT2D eigenvalue weighted by molar-refractivity contribution is 5.87. The van der Waals surface area contributed by atoms with Crippen LogP contribution in [0.3, 0.4) is 0 Å². The number of carbonyl (C=O) groups excluding carboxylic acids is 1. The van der Waals surface area contributed by atoms with Gasteiger partial charge in [-0.15, -0.1) is 12.4 Å². The minimum atomic E-state index is 0. The number of nitrogens with zero attached hydrogens (tertiary/aromatic N) is 1. The third-order valence-corrected chi connectivity index (χ3v) is 2.56. The van der Waals surface area contributed by atoms with Crippen LogP contribution in [0.2, 0.25) is 0 Å². The molecule has 1 saturated heterocycles. The number of halogens is 1. The summed E-state index contributed by atoms with van der Waals surface area (Å²) in [7, 11) is 0. The molecular formula is C10H17ClN2O. The zero-order valence-electron chi connectivity index (χ0n) is 8.24. The summed E-state index contributed by atoms with van der Waals surface area (Å²) < 4.78 is 0. The van der Waals surface area contributed by atoms with Crippen molar-refractivity contribution in [1.82, 2.24) is 10.2 Å². The average molecular weight is 217 g/mol. The highest BCUT2D eigenvalue weighted by Gasteiger charge is 2.19. The molecule has 1 aliphatic carbocycles. The molecule has 1 amide bonds. The van der Waals surface area contributed by atoms with Gasteiger partial charge in [-0.2, -0.15) is 0 Å². The number of rotatable bonds is 2. The molecule has 0 atom stereocenters. The normalized spacial score (nSPS) is 22.1. The first-order valence-electron chi connectivity index (χ1n) is 5.04. The van der Waals surface area contributed by atoms with Crippen LogP contribution in [0, 0.1) is 5.92 Å². The van der Waals surface area contributed by atoms with Crippen LogP contribution in [0.1, 0.15) is 12.8 Å². The quantitative estimate of drug-likeness (QED) is 0.693. The maximum atomic E-state index is 11.5. The van der Waals surface area contributed by atoms with Crippen molar-refractivity contribution >= 4 is 18.3 Å². The maximum Gasteiger partial charge on any atom is 0.246 e. The van der Waals surface area contributed by atoms with E-state index in [1.165, 1.54) is 12.8 Å². The Morgan fingerprint density at radius 1 is 1.29 bits per heavy atom. The molecule has 1 saturated carbocycles. The summed E-state index contributed by atoms with van der Waals surface area (Å²) in [6.07, 6.45) is 6.35. The highest BCUT2D eigenvalue weighted by Crippen LogP contribution is 2.29. The van der Waals surface area contributed by atoms with Crippen LogP contribution >= 0.6 is 12.4 Å². The fourth-order valence-corrected chi connectivity index (χ4v) is 1.50. The molecule has 1 aliphatic heterocycles. The lowest BCUT2D eigenvalue weighted by atomic mass is 10.3. The van der Waals surface area contributed by atoms with E-state index in [1.54, 1.807) is 6.08 Å². The van der Waals surface area contributed by atoms with E-state index < -0.39 is 0 Å². The van der Waals surface area contributed by atoms with E-state index in [0.29, 0.717) is 5.92 Å². The van der Waals surface area contributed by atoms with Gasteiger partial charge in [-0.05, 0) is 24.8 Å². The van der Waals surface area contributed by atoms with Gasteiger partial charge in [0.1, 0.15) is 0 Å². The van der Waals surface area contributed by atoms with E-state index in [-0.39, 0.29) is 18.3 Å². The van der Waals surface area contributed by atoms with Crippen molar-refractivity contribution in [3.05, 3.63) is 12.2 Å². The summed E-state index contributed by atoms with van der Waals surface area (Å²) in [5, 5.41) is 3.23. The lowest BCUT2D eigenvalue weighted by Gasteiger charge is -2.26. The summed E-state index contributed by atoms with van der Waals surface area (Å²) in [6.45, 7) is 3.58. The van der Waals surface area contributed by atoms with Crippen molar-refractivity contribution in [1.29, 1.82) is 0 Å². The zero-order valence-corrected chi connectivity index (χ0v) is 9.05. The molecule has 1 heterocycles. The van der Waals surface area contributed by atoms with E-state index in [1.807, 2.05) is 4.90 Å². The first kappa shape index (κ1) is 11.5. The molecule has 0 bridgehead atoms. The predicted octanol–water partition coefficient (Wildman–Crippen LogP) is 0.806. The molecular weight excluding hydrogens is 200 g/mol. The third kappa shape index (κ3) is 3.31. The second-order valence-corrected chi connectivity index (χ2v) is 3.77. The largest absolute Gasteiger partial charge is 0.337 e. The Morgan fingerprint density at radius 3 is 2.50 bits per heavy atom. The number of hydrogen-bond donors (Lipinski definition) is 1. The van der Waals surface area contributed by atoms with Crippen molar-refractivity contribution in [3.63, 3.8) is 0 Å². The van der Waals surface area contributed by atoms with Crippen molar-refractivity contribution in [2.24, 2.45) is 5.92 Å². The van der Waals surface area contributed by atoms with Gasteiger partial charge in [0, 0.05) is 26.2 Å². The van der Waals surface area contributed by atoms with Crippen LogP contribution < -0.4 is 5.32 Å². The van der Waals surface area contributed by atoms with E-state index in [2.05, 4.69) is 11.4 Å². The summed E-state index contributed by atoms with van der Waals surface area (Å²) in [5.41, 5.74) is 0. The van der Waals surface area contributed by atoms with Gasteiger partial charge < -0.3 is 10.2 Å². The Bertz CT molecular complexity index is 220. The van der Waals surface area contributed by atoms with E-state index in [9.17, 15) is 4.79 Å².